The molecule has 0 aromatic heterocycles. The Morgan fingerprint density at radius 2 is 1.58 bits per heavy atom. The fourth-order valence-corrected chi connectivity index (χ4v) is 5.28. The van der Waals surface area contributed by atoms with Crippen molar-refractivity contribution in [3.05, 3.63) is 120 Å². The number of hydrogen-bond acceptors (Lipinski definition) is 5. The molecule has 1 N–H and O–H groups in total. The Morgan fingerprint density at radius 3 is 2.26 bits per heavy atom. The molecule has 1 aliphatic heterocycles. The molecule has 2 atom stereocenters. The van der Waals surface area contributed by atoms with E-state index in [-0.39, 0.29) is 29.9 Å². The Labute approximate surface area is 254 Å². The second-order valence-corrected chi connectivity index (χ2v) is 11.4. The highest BCUT2D eigenvalue weighted by Crippen LogP contribution is 2.35. The minimum Gasteiger partial charge on any atom is -0.486 e. The first-order chi connectivity index (χ1) is 20.8. The van der Waals surface area contributed by atoms with Gasteiger partial charge in [-0.3, -0.25) is 14.5 Å². The molecule has 0 bridgehead atoms. The molecule has 0 radical (unpaired) electrons. The van der Waals surface area contributed by atoms with Gasteiger partial charge in [-0.25, -0.2) is 0 Å². The zero-order valence-corrected chi connectivity index (χ0v) is 25.2. The van der Waals surface area contributed by atoms with Crippen molar-refractivity contribution in [2.75, 3.05) is 25.5 Å². The van der Waals surface area contributed by atoms with Crippen molar-refractivity contribution in [2.24, 2.45) is 5.92 Å². The molecule has 1 heterocycles. The molecule has 5 rings (SSSR count). The molecule has 222 valence electrons. The average Bonchev–Trinajstić information content (AvgIpc) is 3.01. The first-order valence-corrected chi connectivity index (χ1v) is 14.8. The highest BCUT2D eigenvalue weighted by molar-refractivity contribution is 6.07. The quantitative estimate of drug-likeness (QED) is 0.230. The second-order valence-electron chi connectivity index (χ2n) is 11.4. The number of amides is 2. The lowest BCUT2D eigenvalue weighted by molar-refractivity contribution is 0.0433. The maximum absolute atomic E-state index is 13.7. The van der Waals surface area contributed by atoms with E-state index in [9.17, 15) is 9.59 Å². The minimum atomic E-state index is -0.255. The monoisotopic (exact) mass is 577 g/mol. The van der Waals surface area contributed by atoms with Gasteiger partial charge in [0.05, 0.1) is 11.3 Å². The third-order valence-electron chi connectivity index (χ3n) is 7.65. The highest BCUT2D eigenvalue weighted by Gasteiger charge is 2.34. The fourth-order valence-electron chi connectivity index (χ4n) is 5.28. The number of nitrogens with one attached hydrogen (secondary N) is 1. The standard InChI is InChI=1S/C36H39N3O4/c1-25(2)39-22-26(3)33(24-38(4)23-27-18-20-30(21-19-27)42-29-14-9-6-10-15-29)43-34-31(36(39)41)16-11-17-32(34)37-35(40)28-12-7-5-8-13-28/h5-21,25-26,33H,22-24H2,1-4H3,(H,37,40)/t26-,33+/m0/s1. The highest BCUT2D eigenvalue weighted by atomic mass is 16.5. The van der Waals surface area contributed by atoms with Crippen LogP contribution < -0.4 is 14.8 Å². The molecule has 0 unspecified atom stereocenters. The van der Waals surface area contributed by atoms with Crippen LogP contribution in [0.15, 0.2) is 103 Å². The minimum absolute atomic E-state index is 0.0125. The van der Waals surface area contributed by atoms with Crippen molar-refractivity contribution in [1.82, 2.24) is 9.80 Å². The lowest BCUT2D eigenvalue weighted by Gasteiger charge is -2.38. The van der Waals surface area contributed by atoms with Gasteiger partial charge in [0.2, 0.25) is 0 Å². The number of carbonyl (C=O) groups is 2. The van der Waals surface area contributed by atoms with Crippen LogP contribution in [0.25, 0.3) is 0 Å². The summed E-state index contributed by atoms with van der Waals surface area (Å²) in [5, 5.41) is 2.99. The van der Waals surface area contributed by atoms with Crippen LogP contribution in [0.1, 0.15) is 47.1 Å². The van der Waals surface area contributed by atoms with Crippen LogP contribution in [0, 0.1) is 5.92 Å². The van der Waals surface area contributed by atoms with E-state index in [2.05, 4.69) is 36.3 Å². The Morgan fingerprint density at radius 1 is 0.930 bits per heavy atom. The Hall–Kier alpha value is -4.62. The van der Waals surface area contributed by atoms with Gasteiger partial charge in [-0.15, -0.1) is 0 Å². The van der Waals surface area contributed by atoms with E-state index in [1.165, 1.54) is 0 Å². The van der Waals surface area contributed by atoms with Gasteiger partial charge < -0.3 is 19.7 Å². The third-order valence-corrected chi connectivity index (χ3v) is 7.65. The predicted octanol–water partition coefficient (Wildman–Crippen LogP) is 7.11. The van der Waals surface area contributed by atoms with E-state index in [1.807, 2.05) is 79.4 Å². The summed E-state index contributed by atoms with van der Waals surface area (Å²) in [5.41, 5.74) is 2.62. The molecule has 1 aliphatic rings. The van der Waals surface area contributed by atoms with Crippen LogP contribution in [0.5, 0.6) is 17.2 Å². The molecule has 0 saturated heterocycles. The summed E-state index contributed by atoms with van der Waals surface area (Å²) >= 11 is 0. The zero-order valence-electron chi connectivity index (χ0n) is 25.2. The van der Waals surface area contributed by atoms with Gasteiger partial charge in [-0.2, -0.15) is 0 Å². The van der Waals surface area contributed by atoms with E-state index in [1.54, 1.807) is 30.3 Å². The molecule has 0 aliphatic carbocycles. The second kappa shape index (κ2) is 13.6. The summed E-state index contributed by atoms with van der Waals surface area (Å²) in [7, 11) is 2.07. The molecule has 43 heavy (non-hydrogen) atoms. The largest absolute Gasteiger partial charge is 0.486 e. The predicted molar refractivity (Wildman–Crippen MR) is 170 cm³/mol. The molecule has 4 aromatic rings. The number of carbonyl (C=O) groups excluding carboxylic acids is 2. The molecule has 0 spiro atoms. The van der Waals surface area contributed by atoms with Gasteiger partial charge >= 0.3 is 0 Å². The van der Waals surface area contributed by atoms with Crippen molar-refractivity contribution in [2.45, 2.75) is 39.5 Å². The molecule has 2 amide bonds. The lowest BCUT2D eigenvalue weighted by Crippen LogP contribution is -2.48. The maximum atomic E-state index is 13.7. The fraction of sp³-hybridized carbons (Fsp3) is 0.278. The van der Waals surface area contributed by atoms with Crippen LogP contribution in [-0.2, 0) is 6.54 Å². The molecule has 4 aromatic carbocycles. The van der Waals surface area contributed by atoms with Crippen molar-refractivity contribution in [3.63, 3.8) is 0 Å². The molecule has 0 fully saturated rings. The Kier molecular flexibility index (Phi) is 9.42. The van der Waals surface area contributed by atoms with Gasteiger partial charge in [0.15, 0.2) is 5.75 Å². The summed E-state index contributed by atoms with van der Waals surface area (Å²) < 4.78 is 12.6. The van der Waals surface area contributed by atoms with Gasteiger partial charge in [0.25, 0.3) is 11.8 Å². The summed E-state index contributed by atoms with van der Waals surface area (Å²) in [4.78, 5) is 30.9. The molecular formula is C36H39N3O4. The van der Waals surface area contributed by atoms with Crippen molar-refractivity contribution in [3.8, 4) is 17.2 Å². The number of hydrogen-bond donors (Lipinski definition) is 1. The van der Waals surface area contributed by atoms with Gasteiger partial charge in [0.1, 0.15) is 17.6 Å². The van der Waals surface area contributed by atoms with E-state index in [4.69, 9.17) is 9.47 Å². The Bertz CT molecular complexity index is 1520. The first-order valence-electron chi connectivity index (χ1n) is 14.8. The van der Waals surface area contributed by atoms with E-state index in [0.29, 0.717) is 42.2 Å². The number of rotatable bonds is 9. The van der Waals surface area contributed by atoms with Crippen molar-refractivity contribution < 1.29 is 19.1 Å². The Balaban J connectivity index is 1.35. The van der Waals surface area contributed by atoms with Gasteiger partial charge in [0, 0.05) is 37.2 Å². The molecule has 7 heteroatoms. The average molecular weight is 578 g/mol. The summed E-state index contributed by atoms with van der Waals surface area (Å²) in [6, 6.07) is 32.2. The normalized spacial score (nSPS) is 16.7. The smallest absolute Gasteiger partial charge is 0.257 e. The number of benzene rings is 4. The van der Waals surface area contributed by atoms with Crippen LogP contribution in [0.2, 0.25) is 0 Å². The number of likely N-dealkylation sites (N-methyl/N-ethyl adjacent to an activating group) is 1. The molecular weight excluding hydrogens is 538 g/mol. The lowest BCUT2D eigenvalue weighted by atomic mass is 9.99. The molecule has 7 nitrogen and oxygen atoms in total. The van der Waals surface area contributed by atoms with E-state index < -0.39 is 0 Å². The van der Waals surface area contributed by atoms with Crippen molar-refractivity contribution >= 4 is 17.5 Å². The first kappa shape index (κ1) is 29.9. The number of fused-ring (bicyclic) bond motifs is 1. The van der Waals surface area contributed by atoms with Crippen molar-refractivity contribution in [1.29, 1.82) is 0 Å². The maximum Gasteiger partial charge on any atom is 0.257 e. The number of anilines is 1. The topological polar surface area (TPSA) is 71.1 Å². The van der Waals surface area contributed by atoms with E-state index in [0.717, 1.165) is 17.1 Å². The van der Waals surface area contributed by atoms with Crippen LogP contribution >= 0.6 is 0 Å². The van der Waals surface area contributed by atoms with Crippen LogP contribution in [0.3, 0.4) is 0 Å². The summed E-state index contributed by atoms with van der Waals surface area (Å²) in [6.07, 6.45) is -0.228. The van der Waals surface area contributed by atoms with Crippen LogP contribution in [0.4, 0.5) is 5.69 Å². The van der Waals surface area contributed by atoms with Gasteiger partial charge in [-0.05, 0) is 75.0 Å². The number of nitrogens with zero attached hydrogens (tertiary/aromatic N) is 2. The van der Waals surface area contributed by atoms with Gasteiger partial charge in [-0.1, -0.05) is 61.5 Å². The van der Waals surface area contributed by atoms with E-state index >= 15 is 0 Å². The number of ether oxygens (including phenoxy) is 2. The third kappa shape index (κ3) is 7.43. The number of para-hydroxylation sites is 2. The molecule has 0 saturated carbocycles. The zero-order chi connectivity index (χ0) is 30.3. The summed E-state index contributed by atoms with van der Waals surface area (Å²) in [5.74, 6) is 1.69. The summed E-state index contributed by atoms with van der Waals surface area (Å²) in [6.45, 7) is 8.09. The van der Waals surface area contributed by atoms with Crippen LogP contribution in [-0.4, -0.2) is 53.9 Å². The SMILES string of the molecule is CC(C)N1C[C@H](C)[C@@H](CN(C)Cc2ccc(Oc3ccccc3)cc2)Oc2c(NC(=O)c3ccccc3)cccc2C1=O.